The van der Waals surface area contributed by atoms with Crippen molar-refractivity contribution in [2.45, 2.75) is 13.5 Å². The molecule has 0 saturated carbocycles. The monoisotopic (exact) mass is 316 g/mol. The first kappa shape index (κ1) is 15.8. The Labute approximate surface area is 142 Å². The quantitative estimate of drug-likeness (QED) is 0.702. The van der Waals surface area contributed by atoms with E-state index in [2.05, 4.69) is 5.32 Å². The van der Waals surface area contributed by atoms with E-state index in [-0.39, 0.29) is 6.03 Å². The number of nitrogens with one attached hydrogen (secondary N) is 1. The van der Waals surface area contributed by atoms with E-state index in [9.17, 15) is 4.79 Å². The Bertz CT molecular complexity index is 800. The smallest absolute Gasteiger partial charge is 0.308 e. The van der Waals surface area contributed by atoms with Crippen LogP contribution in [0.5, 0.6) is 0 Å². The highest BCUT2D eigenvalue weighted by molar-refractivity contribution is 6.02. The minimum absolute atomic E-state index is 0.139. The van der Waals surface area contributed by atoms with Crippen LogP contribution in [0.2, 0.25) is 0 Å². The Morgan fingerprint density at radius 3 is 2.08 bits per heavy atom. The van der Waals surface area contributed by atoms with Crippen LogP contribution in [0, 0.1) is 6.92 Å². The van der Waals surface area contributed by atoms with E-state index in [1.807, 2.05) is 91.9 Å². The van der Waals surface area contributed by atoms with Gasteiger partial charge in [0.05, 0.1) is 6.54 Å². The van der Waals surface area contributed by atoms with Gasteiger partial charge in [0.1, 0.15) is 0 Å². The fourth-order valence-corrected chi connectivity index (χ4v) is 2.61. The number of carbonyl (C=O) groups is 1. The average molecular weight is 316 g/mol. The summed E-state index contributed by atoms with van der Waals surface area (Å²) in [4.78, 5) is 14.7. The zero-order valence-corrected chi connectivity index (χ0v) is 13.6. The lowest BCUT2D eigenvalue weighted by molar-refractivity contribution is 0.256. The predicted molar refractivity (Wildman–Crippen MR) is 99.3 cm³/mol. The van der Waals surface area contributed by atoms with Gasteiger partial charge in [0.25, 0.3) is 0 Å². The molecule has 0 radical (unpaired) electrons. The molecule has 3 aromatic rings. The van der Waals surface area contributed by atoms with Crippen LogP contribution in [0.3, 0.4) is 0 Å². The molecule has 0 aliphatic carbocycles. The number of para-hydroxylation sites is 2. The van der Waals surface area contributed by atoms with Gasteiger partial charge in [0, 0.05) is 11.4 Å². The topological polar surface area (TPSA) is 32.3 Å². The van der Waals surface area contributed by atoms with Crippen molar-refractivity contribution in [2.24, 2.45) is 0 Å². The van der Waals surface area contributed by atoms with E-state index in [0.717, 1.165) is 22.5 Å². The van der Waals surface area contributed by atoms with E-state index in [1.165, 1.54) is 0 Å². The van der Waals surface area contributed by atoms with Crippen molar-refractivity contribution in [3.05, 3.63) is 96.1 Å². The van der Waals surface area contributed by atoms with E-state index < -0.39 is 0 Å². The first-order valence-electron chi connectivity index (χ1n) is 7.97. The number of benzene rings is 3. The third kappa shape index (κ3) is 3.82. The Morgan fingerprint density at radius 1 is 0.833 bits per heavy atom. The number of hydrogen-bond donors (Lipinski definition) is 1. The molecule has 3 nitrogen and oxygen atoms in total. The summed E-state index contributed by atoms with van der Waals surface area (Å²) < 4.78 is 0. The first-order chi connectivity index (χ1) is 11.7. The molecule has 120 valence electrons. The van der Waals surface area contributed by atoms with Gasteiger partial charge >= 0.3 is 6.03 Å². The maximum absolute atomic E-state index is 12.9. The zero-order chi connectivity index (χ0) is 16.8. The summed E-state index contributed by atoms with van der Waals surface area (Å²) >= 11 is 0. The van der Waals surface area contributed by atoms with Gasteiger partial charge < -0.3 is 5.32 Å². The molecule has 3 heteroatoms. The van der Waals surface area contributed by atoms with Gasteiger partial charge in [-0.2, -0.15) is 0 Å². The number of hydrogen-bond acceptors (Lipinski definition) is 1. The summed E-state index contributed by atoms with van der Waals surface area (Å²) in [5.74, 6) is 0. The first-order valence-corrected chi connectivity index (χ1v) is 7.97. The van der Waals surface area contributed by atoms with Gasteiger partial charge in [-0.25, -0.2) is 4.79 Å². The van der Waals surface area contributed by atoms with E-state index in [4.69, 9.17) is 0 Å². The summed E-state index contributed by atoms with van der Waals surface area (Å²) in [7, 11) is 0. The second-order valence-corrected chi connectivity index (χ2v) is 5.65. The van der Waals surface area contributed by atoms with Crippen molar-refractivity contribution in [3.8, 4) is 0 Å². The second-order valence-electron chi connectivity index (χ2n) is 5.65. The maximum atomic E-state index is 12.9. The molecule has 1 N–H and O–H groups in total. The van der Waals surface area contributed by atoms with Crippen LogP contribution in [0.25, 0.3) is 0 Å². The summed E-state index contributed by atoms with van der Waals surface area (Å²) in [5, 5.41) is 2.97. The van der Waals surface area contributed by atoms with Crippen LogP contribution in [-0.4, -0.2) is 6.03 Å². The molecule has 0 aliphatic rings. The minimum Gasteiger partial charge on any atom is -0.308 e. The van der Waals surface area contributed by atoms with Crippen LogP contribution in [0.4, 0.5) is 16.2 Å². The van der Waals surface area contributed by atoms with Crippen molar-refractivity contribution in [1.29, 1.82) is 0 Å². The Hall–Kier alpha value is -3.07. The Balaban J connectivity index is 1.89. The molecule has 3 rings (SSSR count). The molecular formula is C21H20N2O. The van der Waals surface area contributed by atoms with Crippen LogP contribution < -0.4 is 10.2 Å². The SMILES string of the molecule is Cc1ccccc1N(Cc1ccccc1)C(=O)Nc1ccccc1. The normalized spacial score (nSPS) is 10.2. The molecule has 2 amide bonds. The number of rotatable bonds is 4. The number of anilines is 2. The van der Waals surface area contributed by atoms with Crippen molar-refractivity contribution in [1.82, 2.24) is 0 Å². The number of carbonyl (C=O) groups excluding carboxylic acids is 1. The number of urea groups is 1. The summed E-state index contributed by atoms with van der Waals surface area (Å²) in [6, 6.07) is 27.3. The largest absolute Gasteiger partial charge is 0.326 e. The number of amides is 2. The van der Waals surface area contributed by atoms with Crippen LogP contribution in [0.15, 0.2) is 84.9 Å². The number of aryl methyl sites for hydroxylation is 1. The Kier molecular flexibility index (Phi) is 4.92. The van der Waals surface area contributed by atoms with Crippen molar-refractivity contribution < 1.29 is 4.79 Å². The van der Waals surface area contributed by atoms with Crippen LogP contribution in [0.1, 0.15) is 11.1 Å². The molecule has 24 heavy (non-hydrogen) atoms. The van der Waals surface area contributed by atoms with E-state index in [0.29, 0.717) is 6.54 Å². The molecule has 0 unspecified atom stereocenters. The van der Waals surface area contributed by atoms with Crippen LogP contribution in [-0.2, 0) is 6.54 Å². The molecule has 3 aromatic carbocycles. The molecule has 0 atom stereocenters. The van der Waals surface area contributed by atoms with Gasteiger partial charge in [-0.3, -0.25) is 4.90 Å². The van der Waals surface area contributed by atoms with Crippen molar-refractivity contribution in [2.75, 3.05) is 10.2 Å². The lowest BCUT2D eigenvalue weighted by Gasteiger charge is -2.25. The van der Waals surface area contributed by atoms with Gasteiger partial charge in [0.15, 0.2) is 0 Å². The fourth-order valence-electron chi connectivity index (χ4n) is 2.61. The fraction of sp³-hybridized carbons (Fsp3) is 0.0952. The summed E-state index contributed by atoms with van der Waals surface area (Å²) in [6.07, 6.45) is 0. The molecule has 0 heterocycles. The predicted octanol–water partition coefficient (Wildman–Crippen LogP) is 5.23. The lowest BCUT2D eigenvalue weighted by atomic mass is 10.1. The lowest BCUT2D eigenvalue weighted by Crippen LogP contribution is -2.35. The molecule has 0 bridgehead atoms. The molecule has 0 saturated heterocycles. The van der Waals surface area contributed by atoms with Crippen molar-refractivity contribution >= 4 is 17.4 Å². The minimum atomic E-state index is -0.139. The van der Waals surface area contributed by atoms with E-state index >= 15 is 0 Å². The Morgan fingerprint density at radius 2 is 1.42 bits per heavy atom. The molecule has 0 aliphatic heterocycles. The molecule has 0 fully saturated rings. The standard InChI is InChI=1S/C21H20N2O/c1-17-10-8-9-15-20(17)23(16-18-11-4-2-5-12-18)21(24)22-19-13-6-3-7-14-19/h2-15H,16H2,1H3,(H,22,24). The van der Waals surface area contributed by atoms with Gasteiger partial charge in [0.2, 0.25) is 0 Å². The molecule has 0 spiro atoms. The average Bonchev–Trinajstić information content (AvgIpc) is 2.62. The van der Waals surface area contributed by atoms with Crippen molar-refractivity contribution in [3.63, 3.8) is 0 Å². The molecular weight excluding hydrogens is 296 g/mol. The zero-order valence-electron chi connectivity index (χ0n) is 13.6. The summed E-state index contributed by atoms with van der Waals surface area (Å²) in [5.41, 5.74) is 3.85. The third-order valence-electron chi connectivity index (χ3n) is 3.86. The van der Waals surface area contributed by atoms with Crippen LogP contribution >= 0.6 is 0 Å². The highest BCUT2D eigenvalue weighted by Crippen LogP contribution is 2.23. The maximum Gasteiger partial charge on any atom is 0.326 e. The molecule has 0 aromatic heterocycles. The highest BCUT2D eigenvalue weighted by atomic mass is 16.2. The highest BCUT2D eigenvalue weighted by Gasteiger charge is 2.18. The summed E-state index contributed by atoms with van der Waals surface area (Å²) in [6.45, 7) is 2.54. The van der Waals surface area contributed by atoms with Gasteiger partial charge in [-0.05, 0) is 36.2 Å². The third-order valence-corrected chi connectivity index (χ3v) is 3.86. The second kappa shape index (κ2) is 7.47. The van der Waals surface area contributed by atoms with Gasteiger partial charge in [-0.15, -0.1) is 0 Å². The van der Waals surface area contributed by atoms with Gasteiger partial charge in [-0.1, -0.05) is 66.7 Å². The number of nitrogens with zero attached hydrogens (tertiary/aromatic N) is 1. The van der Waals surface area contributed by atoms with E-state index in [1.54, 1.807) is 4.90 Å².